The SMILES string of the molecule is O=C(O)CC(c1ccccc1)n1cnc2ccc(NC(=O)c3cccnc3)cc21. The number of pyridine rings is 1. The number of hydrogen-bond acceptors (Lipinski definition) is 4. The standard InChI is InChI=1S/C22H18N4O3/c27-21(28)12-19(15-5-2-1-3-6-15)26-14-24-18-9-8-17(11-20(18)26)25-22(29)16-7-4-10-23-13-16/h1-11,13-14,19H,12H2,(H,25,29)(H,27,28). The van der Waals surface area contributed by atoms with Crippen LogP contribution in [0.15, 0.2) is 79.4 Å². The molecule has 0 aliphatic rings. The van der Waals surface area contributed by atoms with E-state index >= 15 is 0 Å². The second kappa shape index (κ2) is 7.93. The zero-order valence-corrected chi connectivity index (χ0v) is 15.4. The summed E-state index contributed by atoms with van der Waals surface area (Å²) in [5.41, 5.74) is 3.38. The molecule has 29 heavy (non-hydrogen) atoms. The summed E-state index contributed by atoms with van der Waals surface area (Å²) >= 11 is 0. The molecule has 2 N–H and O–H groups in total. The number of hydrogen-bond donors (Lipinski definition) is 2. The number of carbonyl (C=O) groups excluding carboxylic acids is 1. The van der Waals surface area contributed by atoms with Crippen LogP contribution in [-0.4, -0.2) is 31.5 Å². The summed E-state index contributed by atoms with van der Waals surface area (Å²) in [7, 11) is 0. The minimum Gasteiger partial charge on any atom is -0.481 e. The van der Waals surface area contributed by atoms with Crippen molar-refractivity contribution in [3.63, 3.8) is 0 Å². The van der Waals surface area contributed by atoms with Gasteiger partial charge in [-0.2, -0.15) is 0 Å². The van der Waals surface area contributed by atoms with E-state index in [1.807, 2.05) is 34.9 Å². The summed E-state index contributed by atoms with van der Waals surface area (Å²) < 4.78 is 1.83. The van der Waals surface area contributed by atoms with Gasteiger partial charge in [-0.15, -0.1) is 0 Å². The smallest absolute Gasteiger partial charge is 0.305 e. The lowest BCUT2D eigenvalue weighted by Crippen LogP contribution is -2.15. The van der Waals surface area contributed by atoms with Gasteiger partial charge in [-0.05, 0) is 35.9 Å². The van der Waals surface area contributed by atoms with Crippen LogP contribution in [0, 0.1) is 0 Å². The van der Waals surface area contributed by atoms with Crippen LogP contribution in [0.5, 0.6) is 0 Å². The molecule has 0 aliphatic carbocycles. The van der Waals surface area contributed by atoms with Gasteiger partial charge in [0, 0.05) is 18.1 Å². The first-order valence-electron chi connectivity index (χ1n) is 9.06. The molecule has 0 fully saturated rings. The molecule has 2 aromatic heterocycles. The fourth-order valence-electron chi connectivity index (χ4n) is 3.27. The zero-order chi connectivity index (χ0) is 20.2. The molecule has 4 rings (SSSR count). The number of rotatable bonds is 6. The second-order valence-electron chi connectivity index (χ2n) is 6.58. The summed E-state index contributed by atoms with van der Waals surface area (Å²) in [6, 6.07) is 17.8. The second-order valence-corrected chi connectivity index (χ2v) is 6.58. The largest absolute Gasteiger partial charge is 0.481 e. The first-order valence-corrected chi connectivity index (χ1v) is 9.06. The van der Waals surface area contributed by atoms with Gasteiger partial charge < -0.3 is 15.0 Å². The highest BCUT2D eigenvalue weighted by atomic mass is 16.4. The van der Waals surface area contributed by atoms with Crippen LogP contribution in [-0.2, 0) is 4.79 Å². The van der Waals surface area contributed by atoms with Crippen molar-refractivity contribution < 1.29 is 14.7 Å². The molecule has 0 bridgehead atoms. The minimum absolute atomic E-state index is 0.0816. The number of benzene rings is 2. The van der Waals surface area contributed by atoms with E-state index in [0.29, 0.717) is 11.3 Å². The Hall–Kier alpha value is -4.00. The number of nitrogens with one attached hydrogen (secondary N) is 1. The Kier molecular flexibility index (Phi) is 5.03. The van der Waals surface area contributed by atoms with Crippen molar-refractivity contribution in [2.24, 2.45) is 0 Å². The average Bonchev–Trinajstić information content (AvgIpc) is 3.16. The monoisotopic (exact) mass is 386 g/mol. The number of nitrogens with zero attached hydrogens (tertiary/aromatic N) is 3. The van der Waals surface area contributed by atoms with Gasteiger partial charge >= 0.3 is 5.97 Å². The topological polar surface area (TPSA) is 97.1 Å². The van der Waals surface area contributed by atoms with Gasteiger partial charge in [0.1, 0.15) is 0 Å². The van der Waals surface area contributed by atoms with Gasteiger partial charge in [0.2, 0.25) is 0 Å². The van der Waals surface area contributed by atoms with Crippen molar-refractivity contribution in [2.75, 3.05) is 5.32 Å². The molecule has 0 saturated carbocycles. The highest BCUT2D eigenvalue weighted by Gasteiger charge is 2.20. The van der Waals surface area contributed by atoms with E-state index in [-0.39, 0.29) is 12.3 Å². The van der Waals surface area contributed by atoms with Crippen LogP contribution in [0.4, 0.5) is 5.69 Å². The number of anilines is 1. The normalized spacial score (nSPS) is 11.9. The highest BCUT2D eigenvalue weighted by Crippen LogP contribution is 2.28. The van der Waals surface area contributed by atoms with Gasteiger partial charge in [0.05, 0.1) is 35.4 Å². The van der Waals surface area contributed by atoms with E-state index in [0.717, 1.165) is 16.6 Å². The number of aromatic nitrogens is 3. The quantitative estimate of drug-likeness (QED) is 0.526. The van der Waals surface area contributed by atoms with E-state index < -0.39 is 12.0 Å². The highest BCUT2D eigenvalue weighted by molar-refractivity contribution is 6.04. The van der Waals surface area contributed by atoms with Crippen LogP contribution in [0.3, 0.4) is 0 Å². The Labute approximate surface area is 166 Å². The lowest BCUT2D eigenvalue weighted by molar-refractivity contribution is -0.137. The molecule has 7 nitrogen and oxygen atoms in total. The van der Waals surface area contributed by atoms with Gasteiger partial charge in [-0.3, -0.25) is 14.6 Å². The van der Waals surface area contributed by atoms with E-state index in [9.17, 15) is 14.7 Å². The third-order valence-corrected chi connectivity index (χ3v) is 4.64. The van der Waals surface area contributed by atoms with E-state index in [2.05, 4.69) is 15.3 Å². The molecular formula is C22H18N4O3. The van der Waals surface area contributed by atoms with E-state index in [1.54, 1.807) is 42.9 Å². The lowest BCUT2D eigenvalue weighted by Gasteiger charge is -2.18. The molecule has 0 radical (unpaired) electrons. The fraction of sp³-hybridized carbons (Fsp3) is 0.0909. The molecule has 1 amide bonds. The van der Waals surface area contributed by atoms with Crippen molar-refractivity contribution in [1.82, 2.24) is 14.5 Å². The molecule has 0 saturated heterocycles. The Balaban J connectivity index is 1.70. The molecule has 4 aromatic rings. The molecule has 144 valence electrons. The van der Waals surface area contributed by atoms with Gasteiger partial charge in [-0.25, -0.2) is 4.98 Å². The third-order valence-electron chi connectivity index (χ3n) is 4.64. The number of carboxylic acids is 1. The van der Waals surface area contributed by atoms with Gasteiger partial charge in [-0.1, -0.05) is 30.3 Å². The van der Waals surface area contributed by atoms with Gasteiger partial charge in [0.15, 0.2) is 0 Å². The summed E-state index contributed by atoms with van der Waals surface area (Å²) in [5.74, 6) is -1.17. The maximum absolute atomic E-state index is 12.4. The Bertz CT molecular complexity index is 1160. The number of amides is 1. The van der Waals surface area contributed by atoms with E-state index in [4.69, 9.17) is 0 Å². The Morgan fingerprint density at radius 1 is 1.07 bits per heavy atom. The molecular weight excluding hydrogens is 368 g/mol. The average molecular weight is 386 g/mol. The summed E-state index contributed by atoms with van der Waals surface area (Å²) in [5, 5.41) is 12.3. The van der Waals surface area contributed by atoms with Crippen LogP contribution in [0.1, 0.15) is 28.4 Å². The number of aliphatic carboxylic acids is 1. The molecule has 0 aliphatic heterocycles. The molecule has 2 heterocycles. The third kappa shape index (κ3) is 3.98. The van der Waals surface area contributed by atoms with Crippen LogP contribution < -0.4 is 5.32 Å². The Morgan fingerprint density at radius 3 is 2.62 bits per heavy atom. The molecule has 1 unspecified atom stereocenters. The van der Waals surface area contributed by atoms with E-state index in [1.165, 1.54) is 6.20 Å². The first-order chi connectivity index (χ1) is 14.1. The molecule has 2 aromatic carbocycles. The van der Waals surface area contributed by atoms with Crippen LogP contribution in [0.25, 0.3) is 11.0 Å². The summed E-state index contributed by atoms with van der Waals surface area (Å²) in [6.45, 7) is 0. The predicted molar refractivity (Wildman–Crippen MR) is 109 cm³/mol. The number of fused-ring (bicyclic) bond motifs is 1. The minimum atomic E-state index is -0.901. The Morgan fingerprint density at radius 2 is 1.90 bits per heavy atom. The zero-order valence-electron chi connectivity index (χ0n) is 15.4. The summed E-state index contributed by atoms with van der Waals surface area (Å²) in [6.07, 6.45) is 4.66. The van der Waals surface area contributed by atoms with Crippen molar-refractivity contribution in [1.29, 1.82) is 0 Å². The summed E-state index contributed by atoms with van der Waals surface area (Å²) in [4.78, 5) is 32.3. The van der Waals surface area contributed by atoms with Gasteiger partial charge in [0.25, 0.3) is 5.91 Å². The number of carboxylic acid groups (broad SMARTS) is 1. The fourth-order valence-corrected chi connectivity index (χ4v) is 3.27. The lowest BCUT2D eigenvalue weighted by atomic mass is 10.0. The van der Waals surface area contributed by atoms with Crippen LogP contribution >= 0.6 is 0 Å². The van der Waals surface area contributed by atoms with Crippen LogP contribution in [0.2, 0.25) is 0 Å². The number of carbonyl (C=O) groups is 2. The molecule has 7 heteroatoms. The first kappa shape index (κ1) is 18.4. The molecule has 0 spiro atoms. The van der Waals surface area contributed by atoms with Crippen molar-refractivity contribution in [3.05, 3.63) is 90.5 Å². The maximum Gasteiger partial charge on any atom is 0.305 e. The number of imidazole rings is 1. The predicted octanol–water partition coefficient (Wildman–Crippen LogP) is 3.75. The van der Waals surface area contributed by atoms with Crippen molar-refractivity contribution in [3.8, 4) is 0 Å². The van der Waals surface area contributed by atoms with Crippen molar-refractivity contribution >= 4 is 28.6 Å². The van der Waals surface area contributed by atoms with Crippen molar-refractivity contribution in [2.45, 2.75) is 12.5 Å². The maximum atomic E-state index is 12.4. The molecule has 1 atom stereocenters.